The molecule has 3 rings (SSSR count). The molecule has 2 aromatic carbocycles. The number of unbranched alkanes of at least 4 members (excludes halogenated alkanes) is 1. The highest BCUT2D eigenvalue weighted by atomic mass is 31.2. The summed E-state index contributed by atoms with van der Waals surface area (Å²) in [5.41, 5.74) is 10.9. The largest absolute Gasteiger partial charge is 0.416 e. The van der Waals surface area contributed by atoms with E-state index in [0.29, 0.717) is 25.1 Å². The van der Waals surface area contributed by atoms with Gasteiger partial charge in [0, 0.05) is 24.8 Å². The maximum atomic E-state index is 12.4. The number of nitrogen functional groups attached to an aromatic ring is 2. The van der Waals surface area contributed by atoms with E-state index >= 15 is 0 Å². The zero-order valence-corrected chi connectivity index (χ0v) is 21.5. The Morgan fingerprint density at radius 3 is 2.00 bits per heavy atom. The third kappa shape index (κ3) is 9.15. The van der Waals surface area contributed by atoms with Gasteiger partial charge in [-0.15, -0.1) is 0 Å². The molecular formula is C20H28F3N5O8P2. The molecule has 1 aliphatic carbocycles. The Bertz CT molecular complexity index is 1250. The molecule has 2 aromatic rings. The summed E-state index contributed by atoms with van der Waals surface area (Å²) in [5.74, 6) is 0. The van der Waals surface area contributed by atoms with Gasteiger partial charge in [0.05, 0.1) is 33.2 Å². The van der Waals surface area contributed by atoms with Gasteiger partial charge in [-0.25, -0.2) is 0 Å². The molecule has 13 nitrogen and oxygen atoms in total. The Hall–Kier alpha value is -2.87. The van der Waals surface area contributed by atoms with Gasteiger partial charge in [0.2, 0.25) is 0 Å². The first-order valence-corrected chi connectivity index (χ1v) is 14.4. The number of hydrogen-bond acceptors (Lipinski definition) is 8. The van der Waals surface area contributed by atoms with Crippen LogP contribution in [0.25, 0.3) is 0 Å². The summed E-state index contributed by atoms with van der Waals surface area (Å²) in [7, 11) is -8.31. The van der Waals surface area contributed by atoms with Gasteiger partial charge >= 0.3 is 21.4 Å². The molecule has 0 aliphatic heterocycles. The number of hydrogen-bond donors (Lipinski definition) is 8. The van der Waals surface area contributed by atoms with Crippen molar-refractivity contribution < 1.29 is 46.8 Å². The minimum absolute atomic E-state index is 0.0791. The van der Waals surface area contributed by atoms with Gasteiger partial charge in [-0.1, -0.05) is 0 Å². The second-order valence-corrected chi connectivity index (χ2v) is 12.3. The molecule has 0 saturated heterocycles. The van der Waals surface area contributed by atoms with E-state index < -0.39 is 37.1 Å². The molecular weight excluding hydrogens is 557 g/mol. The molecule has 0 amide bonds. The number of nitrogens with one attached hydrogen (secondary N) is 2. The SMILES string of the molecule is Nc1cc(C(F)(F)F)ccc1NC1(P(=O)(O)O)CC1.Nc1cc([N+](=O)[O-])ccc1NCCCCP(=O)(O)O. The number of rotatable bonds is 10. The second kappa shape index (κ2) is 11.9. The normalized spacial score (nSPS) is 14.7. The number of benzene rings is 2. The molecule has 1 aliphatic rings. The van der Waals surface area contributed by atoms with Crippen molar-refractivity contribution in [1.82, 2.24) is 0 Å². The predicted molar refractivity (Wildman–Crippen MR) is 136 cm³/mol. The maximum Gasteiger partial charge on any atom is 0.416 e. The number of anilines is 4. The van der Waals surface area contributed by atoms with Crippen LogP contribution in [0.1, 0.15) is 31.2 Å². The Labute approximate surface area is 214 Å². The quantitative estimate of drug-likeness (QED) is 0.0651. The summed E-state index contributed by atoms with van der Waals surface area (Å²) < 4.78 is 59.2. The Balaban J connectivity index is 0.000000267. The van der Waals surface area contributed by atoms with Crippen molar-refractivity contribution in [2.24, 2.45) is 0 Å². The minimum Gasteiger partial charge on any atom is -0.397 e. The topological polar surface area (TPSA) is 234 Å². The summed E-state index contributed by atoms with van der Waals surface area (Å²) >= 11 is 0. The molecule has 1 fully saturated rings. The highest BCUT2D eigenvalue weighted by molar-refractivity contribution is 7.54. The number of nitrogens with zero attached hydrogens (tertiary/aromatic N) is 1. The van der Waals surface area contributed by atoms with Crippen LogP contribution in [0.15, 0.2) is 36.4 Å². The van der Waals surface area contributed by atoms with Gasteiger partial charge in [-0.05, 0) is 49.9 Å². The van der Waals surface area contributed by atoms with E-state index in [1.807, 2.05) is 0 Å². The summed E-state index contributed by atoms with van der Waals surface area (Å²) in [6.45, 7) is 0.488. The van der Waals surface area contributed by atoms with Crippen LogP contribution in [-0.4, -0.2) is 42.5 Å². The smallest absolute Gasteiger partial charge is 0.397 e. The molecule has 212 valence electrons. The predicted octanol–water partition coefficient (Wildman–Crippen LogP) is 3.91. The number of nitro groups is 1. The van der Waals surface area contributed by atoms with Crippen LogP contribution in [0.5, 0.6) is 0 Å². The van der Waals surface area contributed by atoms with Gasteiger partial charge in [-0.3, -0.25) is 19.2 Å². The van der Waals surface area contributed by atoms with Crippen LogP contribution < -0.4 is 22.1 Å². The molecule has 10 N–H and O–H groups in total. The number of non-ortho nitro benzene ring substituents is 1. The first-order chi connectivity index (χ1) is 17.3. The van der Waals surface area contributed by atoms with Crippen molar-refractivity contribution in [1.29, 1.82) is 0 Å². The number of halogens is 3. The fraction of sp³-hybridized carbons (Fsp3) is 0.400. The van der Waals surface area contributed by atoms with Crippen LogP contribution in [0.4, 0.5) is 41.6 Å². The van der Waals surface area contributed by atoms with Crippen molar-refractivity contribution in [3.63, 3.8) is 0 Å². The maximum absolute atomic E-state index is 12.4. The van der Waals surface area contributed by atoms with Crippen molar-refractivity contribution in [3.8, 4) is 0 Å². The van der Waals surface area contributed by atoms with Crippen molar-refractivity contribution in [2.75, 3.05) is 34.8 Å². The minimum atomic E-state index is -4.51. The molecule has 0 aromatic heterocycles. The Morgan fingerprint density at radius 1 is 0.974 bits per heavy atom. The van der Waals surface area contributed by atoms with Gasteiger partial charge < -0.3 is 41.7 Å². The fourth-order valence-corrected chi connectivity index (χ4v) is 4.80. The molecule has 0 radical (unpaired) electrons. The van der Waals surface area contributed by atoms with Crippen molar-refractivity contribution in [3.05, 3.63) is 52.1 Å². The standard InChI is InChI=1S/C10H12F3N2O3P.C10H16N3O5P/c11-10(12,13)6-1-2-8(7(14)5-6)15-9(3-4-9)19(16,17)18;11-9-7-8(13(14)15)3-4-10(9)12-5-1-2-6-19(16,17)18/h1-2,5,15H,3-4,14H2,(H2,16,17,18);3-4,7,12H,1-2,5-6,11H2,(H2,16,17,18). The van der Waals surface area contributed by atoms with Gasteiger partial charge in [-0.2, -0.15) is 13.2 Å². The molecule has 0 spiro atoms. The third-order valence-electron chi connectivity index (χ3n) is 5.47. The molecule has 0 bridgehead atoms. The van der Waals surface area contributed by atoms with E-state index in [9.17, 15) is 42.2 Å². The van der Waals surface area contributed by atoms with Crippen molar-refractivity contribution in [2.45, 2.75) is 37.1 Å². The van der Waals surface area contributed by atoms with Crippen LogP contribution in [0.3, 0.4) is 0 Å². The lowest BCUT2D eigenvalue weighted by Crippen LogP contribution is -2.22. The first-order valence-electron chi connectivity index (χ1n) is 11.0. The fourth-order valence-electron chi connectivity index (χ4n) is 3.20. The summed E-state index contributed by atoms with van der Waals surface area (Å²) in [4.78, 5) is 45.7. The number of nitro benzene ring substituents is 1. The molecule has 38 heavy (non-hydrogen) atoms. The van der Waals surface area contributed by atoms with E-state index in [4.69, 9.17) is 21.3 Å². The first kappa shape index (κ1) is 31.3. The molecule has 1 saturated carbocycles. The molecule has 18 heteroatoms. The summed E-state index contributed by atoms with van der Waals surface area (Å²) in [6.07, 6.45) is -3.20. The molecule has 0 heterocycles. The van der Waals surface area contributed by atoms with Crippen LogP contribution >= 0.6 is 15.2 Å². The zero-order valence-electron chi connectivity index (χ0n) is 19.8. The monoisotopic (exact) mass is 585 g/mol. The van der Waals surface area contributed by atoms with Crippen LogP contribution in [-0.2, 0) is 15.3 Å². The lowest BCUT2D eigenvalue weighted by molar-refractivity contribution is -0.384. The van der Waals surface area contributed by atoms with E-state index in [1.165, 1.54) is 18.2 Å². The van der Waals surface area contributed by atoms with E-state index in [-0.39, 0.29) is 41.8 Å². The number of alkyl halides is 3. The summed E-state index contributed by atoms with van der Waals surface area (Å²) in [6, 6.07) is 6.74. The summed E-state index contributed by atoms with van der Waals surface area (Å²) in [5, 5.41) is 14.7. The Morgan fingerprint density at radius 2 is 1.55 bits per heavy atom. The van der Waals surface area contributed by atoms with Gasteiger partial charge in [0.1, 0.15) is 5.28 Å². The zero-order chi connectivity index (χ0) is 28.9. The van der Waals surface area contributed by atoms with Gasteiger partial charge in [0.25, 0.3) is 5.69 Å². The lowest BCUT2D eigenvalue weighted by atomic mass is 10.1. The van der Waals surface area contributed by atoms with Crippen molar-refractivity contribution >= 4 is 43.6 Å². The van der Waals surface area contributed by atoms with E-state index in [1.54, 1.807) is 0 Å². The van der Waals surface area contributed by atoms with E-state index in [2.05, 4.69) is 10.6 Å². The highest BCUT2D eigenvalue weighted by Crippen LogP contribution is 2.64. The average molecular weight is 585 g/mol. The average Bonchev–Trinajstić information content (AvgIpc) is 3.56. The third-order valence-corrected chi connectivity index (χ3v) is 8.04. The van der Waals surface area contributed by atoms with Gasteiger partial charge in [0.15, 0.2) is 0 Å². The second-order valence-electron chi connectivity index (χ2n) is 8.55. The Kier molecular flexibility index (Phi) is 9.81. The van der Waals surface area contributed by atoms with Crippen LogP contribution in [0, 0.1) is 10.1 Å². The van der Waals surface area contributed by atoms with Crippen LogP contribution in [0.2, 0.25) is 0 Å². The molecule has 0 atom stereocenters. The molecule has 0 unspecified atom stereocenters. The number of nitrogens with two attached hydrogens (primary N) is 2. The highest BCUT2D eigenvalue weighted by Gasteiger charge is 2.57. The lowest BCUT2D eigenvalue weighted by Gasteiger charge is -2.21. The van der Waals surface area contributed by atoms with E-state index in [0.717, 1.165) is 18.2 Å².